The van der Waals surface area contributed by atoms with E-state index in [1.807, 2.05) is 11.8 Å². The lowest BCUT2D eigenvalue weighted by Gasteiger charge is -2.26. The Morgan fingerprint density at radius 2 is 1.93 bits per heavy atom. The van der Waals surface area contributed by atoms with Crippen LogP contribution in [0.5, 0.6) is 5.75 Å². The maximum absolute atomic E-state index is 12.0. The van der Waals surface area contributed by atoms with Crippen molar-refractivity contribution in [2.24, 2.45) is 0 Å². The molecule has 0 atom stereocenters. The number of carbonyl (C=O) groups is 1. The number of hydrogen-bond acceptors (Lipinski definition) is 3. The Morgan fingerprint density at radius 1 is 1.27 bits per heavy atom. The SMILES string of the molecule is O=C(c1ccccc1O)N1CCSCC1. The maximum Gasteiger partial charge on any atom is 0.257 e. The monoisotopic (exact) mass is 223 g/mol. The van der Waals surface area contributed by atoms with Crippen molar-refractivity contribution in [1.29, 1.82) is 0 Å². The molecule has 0 bridgehead atoms. The van der Waals surface area contributed by atoms with Gasteiger partial charge in [-0.3, -0.25) is 4.79 Å². The third-order valence-corrected chi connectivity index (χ3v) is 3.38. The fourth-order valence-corrected chi connectivity index (χ4v) is 2.49. The van der Waals surface area contributed by atoms with Gasteiger partial charge in [-0.25, -0.2) is 0 Å². The molecule has 0 spiro atoms. The number of hydrogen-bond donors (Lipinski definition) is 1. The predicted octanol–water partition coefficient (Wildman–Crippen LogP) is 1.58. The van der Waals surface area contributed by atoms with Crippen LogP contribution in [0, 0.1) is 0 Å². The summed E-state index contributed by atoms with van der Waals surface area (Å²) < 4.78 is 0. The van der Waals surface area contributed by atoms with E-state index in [0.717, 1.165) is 24.6 Å². The molecule has 1 saturated heterocycles. The molecule has 0 aliphatic carbocycles. The average molecular weight is 223 g/mol. The highest BCUT2D eigenvalue weighted by atomic mass is 32.2. The first-order valence-corrected chi connectivity index (χ1v) is 6.09. The second kappa shape index (κ2) is 4.57. The molecule has 80 valence electrons. The summed E-state index contributed by atoms with van der Waals surface area (Å²) in [5.41, 5.74) is 0.407. The smallest absolute Gasteiger partial charge is 0.257 e. The molecule has 3 nitrogen and oxygen atoms in total. The number of carbonyl (C=O) groups excluding carboxylic acids is 1. The third-order valence-electron chi connectivity index (χ3n) is 2.43. The summed E-state index contributed by atoms with van der Waals surface area (Å²) in [7, 11) is 0. The van der Waals surface area contributed by atoms with Gasteiger partial charge >= 0.3 is 0 Å². The van der Waals surface area contributed by atoms with Crippen LogP contribution in [0.1, 0.15) is 10.4 Å². The lowest BCUT2D eigenvalue weighted by molar-refractivity contribution is 0.0769. The van der Waals surface area contributed by atoms with Crippen LogP contribution in [-0.4, -0.2) is 40.5 Å². The number of amides is 1. The molecule has 1 aliphatic rings. The van der Waals surface area contributed by atoms with Crippen LogP contribution in [0.25, 0.3) is 0 Å². The van der Waals surface area contributed by atoms with Crippen LogP contribution in [0.3, 0.4) is 0 Å². The first-order valence-electron chi connectivity index (χ1n) is 4.94. The minimum absolute atomic E-state index is 0.0617. The van der Waals surface area contributed by atoms with E-state index in [1.165, 1.54) is 0 Å². The van der Waals surface area contributed by atoms with Crippen molar-refractivity contribution in [1.82, 2.24) is 4.90 Å². The number of benzene rings is 1. The maximum atomic E-state index is 12.0. The van der Waals surface area contributed by atoms with Gasteiger partial charge in [0, 0.05) is 24.6 Å². The zero-order valence-electron chi connectivity index (χ0n) is 8.35. The van der Waals surface area contributed by atoms with Gasteiger partial charge in [0.2, 0.25) is 0 Å². The first-order chi connectivity index (χ1) is 7.29. The quantitative estimate of drug-likeness (QED) is 0.786. The summed E-state index contributed by atoms with van der Waals surface area (Å²) >= 11 is 1.86. The van der Waals surface area contributed by atoms with E-state index in [9.17, 15) is 9.90 Å². The van der Waals surface area contributed by atoms with E-state index in [-0.39, 0.29) is 11.7 Å². The van der Waals surface area contributed by atoms with E-state index >= 15 is 0 Å². The van der Waals surface area contributed by atoms with E-state index < -0.39 is 0 Å². The van der Waals surface area contributed by atoms with Crippen LogP contribution in [0.4, 0.5) is 0 Å². The predicted molar refractivity (Wildman–Crippen MR) is 61.3 cm³/mol. The Bertz CT molecular complexity index is 361. The normalized spacial score (nSPS) is 16.4. The topological polar surface area (TPSA) is 40.5 Å². The molecule has 1 N–H and O–H groups in total. The van der Waals surface area contributed by atoms with Gasteiger partial charge < -0.3 is 10.0 Å². The first kappa shape index (κ1) is 10.4. The molecule has 1 heterocycles. The van der Waals surface area contributed by atoms with Crippen molar-refractivity contribution in [3.05, 3.63) is 29.8 Å². The molecule has 2 rings (SSSR count). The average Bonchev–Trinajstić information content (AvgIpc) is 2.30. The fourth-order valence-electron chi connectivity index (χ4n) is 1.59. The highest BCUT2D eigenvalue weighted by molar-refractivity contribution is 7.99. The van der Waals surface area contributed by atoms with Gasteiger partial charge in [-0.1, -0.05) is 12.1 Å². The Morgan fingerprint density at radius 3 is 2.60 bits per heavy atom. The highest BCUT2D eigenvalue weighted by Crippen LogP contribution is 2.19. The summed E-state index contributed by atoms with van der Waals surface area (Å²) in [5.74, 6) is 1.98. The summed E-state index contributed by atoms with van der Waals surface area (Å²) in [6.45, 7) is 1.55. The minimum Gasteiger partial charge on any atom is -0.507 e. The lowest BCUT2D eigenvalue weighted by Crippen LogP contribution is -2.37. The van der Waals surface area contributed by atoms with Crippen molar-refractivity contribution in [3.63, 3.8) is 0 Å². The van der Waals surface area contributed by atoms with Crippen molar-refractivity contribution in [3.8, 4) is 5.75 Å². The van der Waals surface area contributed by atoms with Gasteiger partial charge in [0.1, 0.15) is 5.75 Å². The second-order valence-corrected chi connectivity index (χ2v) is 4.65. The molecule has 1 aromatic rings. The molecule has 0 radical (unpaired) electrons. The van der Waals surface area contributed by atoms with Crippen molar-refractivity contribution >= 4 is 17.7 Å². The highest BCUT2D eigenvalue weighted by Gasteiger charge is 2.20. The molecule has 4 heteroatoms. The number of aromatic hydroxyl groups is 1. The van der Waals surface area contributed by atoms with Crippen molar-refractivity contribution in [2.45, 2.75) is 0 Å². The number of phenolic OH excluding ortho intramolecular Hbond substituents is 1. The minimum atomic E-state index is -0.0617. The number of rotatable bonds is 1. The number of thioether (sulfide) groups is 1. The Labute approximate surface area is 93.1 Å². The van der Waals surface area contributed by atoms with Gasteiger partial charge in [0.15, 0.2) is 0 Å². The van der Waals surface area contributed by atoms with Gasteiger partial charge in [0.25, 0.3) is 5.91 Å². The van der Waals surface area contributed by atoms with Gasteiger partial charge in [-0.2, -0.15) is 11.8 Å². The van der Waals surface area contributed by atoms with E-state index in [1.54, 1.807) is 29.2 Å². The molecule has 15 heavy (non-hydrogen) atoms. The summed E-state index contributed by atoms with van der Waals surface area (Å²) in [5, 5.41) is 9.56. The van der Waals surface area contributed by atoms with Crippen molar-refractivity contribution in [2.75, 3.05) is 24.6 Å². The van der Waals surface area contributed by atoms with Crippen LogP contribution in [0.2, 0.25) is 0 Å². The van der Waals surface area contributed by atoms with E-state index in [4.69, 9.17) is 0 Å². The zero-order chi connectivity index (χ0) is 10.7. The lowest BCUT2D eigenvalue weighted by atomic mass is 10.1. The van der Waals surface area contributed by atoms with Crippen LogP contribution in [-0.2, 0) is 0 Å². The van der Waals surface area contributed by atoms with Gasteiger partial charge in [-0.05, 0) is 12.1 Å². The number of para-hydroxylation sites is 1. The summed E-state index contributed by atoms with van der Waals surface area (Å²) in [4.78, 5) is 13.8. The molecule has 1 aliphatic heterocycles. The largest absolute Gasteiger partial charge is 0.507 e. The number of nitrogens with zero attached hydrogens (tertiary/aromatic N) is 1. The van der Waals surface area contributed by atoms with Crippen molar-refractivity contribution < 1.29 is 9.90 Å². The van der Waals surface area contributed by atoms with Crippen LogP contribution in [0.15, 0.2) is 24.3 Å². The molecule has 1 fully saturated rings. The van der Waals surface area contributed by atoms with Crippen LogP contribution < -0.4 is 0 Å². The van der Waals surface area contributed by atoms with E-state index in [0.29, 0.717) is 5.56 Å². The summed E-state index contributed by atoms with van der Waals surface area (Å²) in [6, 6.07) is 6.70. The summed E-state index contributed by atoms with van der Waals surface area (Å²) in [6.07, 6.45) is 0. The standard InChI is InChI=1S/C11H13NO2S/c13-10-4-2-1-3-9(10)11(14)12-5-7-15-8-6-12/h1-4,13H,5-8H2. The zero-order valence-corrected chi connectivity index (χ0v) is 9.17. The molecular weight excluding hydrogens is 210 g/mol. The molecule has 0 unspecified atom stereocenters. The number of phenols is 1. The van der Waals surface area contributed by atoms with E-state index in [2.05, 4.69) is 0 Å². The Kier molecular flexibility index (Phi) is 3.16. The third kappa shape index (κ3) is 2.26. The molecule has 1 aromatic carbocycles. The molecule has 0 saturated carbocycles. The van der Waals surface area contributed by atoms with Gasteiger partial charge in [-0.15, -0.1) is 0 Å². The fraction of sp³-hybridized carbons (Fsp3) is 0.364. The Balaban J connectivity index is 2.16. The van der Waals surface area contributed by atoms with Gasteiger partial charge in [0.05, 0.1) is 5.56 Å². The molecule has 1 amide bonds. The molecule has 0 aromatic heterocycles. The molecular formula is C11H13NO2S. The van der Waals surface area contributed by atoms with Crippen LogP contribution >= 0.6 is 11.8 Å². The second-order valence-electron chi connectivity index (χ2n) is 3.42. The Hall–Kier alpha value is -1.16.